The summed E-state index contributed by atoms with van der Waals surface area (Å²) in [5.41, 5.74) is 13.5. The maximum absolute atomic E-state index is 6.75. The molecule has 0 aliphatic rings. The van der Waals surface area contributed by atoms with Gasteiger partial charge in [0, 0.05) is 0 Å². The van der Waals surface area contributed by atoms with Crippen molar-refractivity contribution in [3.63, 3.8) is 0 Å². The van der Waals surface area contributed by atoms with Gasteiger partial charge in [0.1, 0.15) is 0 Å². The van der Waals surface area contributed by atoms with E-state index in [0.29, 0.717) is 0 Å². The normalized spacial score (nSPS) is 1.60. The Morgan fingerprint density at radius 3 is 1.20 bits per heavy atom. The molecule has 3 nitrogen and oxygen atoms in total. The molecule has 0 heterocycles. The molecule has 5 heteroatoms. The van der Waals surface area contributed by atoms with E-state index in [4.69, 9.17) is 11.1 Å². The van der Waals surface area contributed by atoms with E-state index in [1.165, 1.54) is 4.91 Å². The van der Waals surface area contributed by atoms with Crippen LogP contribution < -0.4 is 18.9 Å². The molecule has 0 atom stereocenters. The maximum atomic E-state index is 6.75. The molecule has 0 spiro atoms. The first-order chi connectivity index (χ1) is 1.41. The molecule has 5 heavy (non-hydrogen) atoms. The second kappa shape index (κ2) is 31.8. The van der Waals surface area contributed by atoms with Crippen molar-refractivity contribution in [2.45, 2.75) is 0 Å². The number of nitrogens with zero attached hydrogens (tertiary/aromatic N) is 3. The van der Waals surface area contributed by atoms with E-state index < -0.39 is 0 Å². The van der Waals surface area contributed by atoms with Crippen LogP contribution >= 0.6 is 0 Å². The first kappa shape index (κ1) is 19.3. The van der Waals surface area contributed by atoms with Crippen molar-refractivity contribution in [2.75, 3.05) is 0 Å². The predicted octanol–water partition coefficient (Wildman–Crippen LogP) is -3.58. The molecule has 0 rings (SSSR count). The quantitative estimate of drug-likeness (QED) is 0.125. The topological polar surface area (TPSA) is 58.7 Å². The Kier molecular flexibility index (Phi) is 123. The first-order valence-electron chi connectivity index (χ1n) is 0.400. The Morgan fingerprint density at radius 1 is 1.20 bits per heavy atom. The van der Waals surface area contributed by atoms with E-state index >= 15 is 0 Å². The molecule has 0 bridgehead atoms. The zero-order chi connectivity index (χ0) is 2.71. The molecule has 0 aromatic rings. The molecule has 0 N–H and O–H groups in total. The van der Waals surface area contributed by atoms with E-state index in [1.807, 2.05) is 0 Å². The van der Waals surface area contributed by atoms with Gasteiger partial charge in [0.2, 0.25) is 0 Å². The van der Waals surface area contributed by atoms with Gasteiger partial charge in [0.25, 0.3) is 0 Å². The molecule has 0 amide bonds. The van der Waals surface area contributed by atoms with E-state index in [1.54, 1.807) is 0 Å². The number of rotatable bonds is 0. The first-order valence-corrected chi connectivity index (χ1v) is 0.400. The summed E-state index contributed by atoms with van der Waals surface area (Å²) in [7, 11) is 0. The number of hydrogen-bond acceptors (Lipinski definition) is 0. The molecule has 0 aliphatic heterocycles. The monoisotopic (exact) mass is 81.0 g/mol. The van der Waals surface area contributed by atoms with Crippen LogP contribution in [0.2, 0.25) is 0 Å². The third-order valence-electron chi connectivity index (χ3n) is 0. The van der Waals surface area contributed by atoms with Crippen LogP contribution in [-0.2, 0) is 0 Å². The van der Waals surface area contributed by atoms with Crippen molar-refractivity contribution in [1.82, 2.24) is 0 Å². The van der Waals surface area contributed by atoms with E-state index in [2.05, 4.69) is 0 Å². The minimum atomic E-state index is 0. The van der Waals surface area contributed by atoms with Crippen LogP contribution in [-0.4, -0.2) is 11.0 Å². The molecule has 24 valence electrons. The fraction of sp³-hybridized carbons (Fsp3) is 0. The Balaban J connectivity index is -0.0000000200. The van der Waals surface area contributed by atoms with Crippen molar-refractivity contribution in [2.24, 2.45) is 0 Å². The van der Waals surface area contributed by atoms with Gasteiger partial charge in [0.15, 0.2) is 0 Å². The molecule has 0 aromatic carbocycles. The van der Waals surface area contributed by atoms with Gasteiger partial charge in [-0.1, -0.05) is 0 Å². The van der Waals surface area contributed by atoms with Crippen LogP contribution in [0.4, 0.5) is 0 Å². The van der Waals surface area contributed by atoms with E-state index in [-0.39, 0.29) is 29.8 Å². The second-order valence-corrected chi connectivity index (χ2v) is 0.0894. The molecular formula is H4LiN3Si. The summed E-state index contributed by atoms with van der Waals surface area (Å²) in [5, 5.41) is 0. The average Bonchev–Trinajstić information content (AvgIpc) is 0.918. The molecule has 0 aromatic heterocycles. The summed E-state index contributed by atoms with van der Waals surface area (Å²) in [5.74, 6) is 0. The van der Waals surface area contributed by atoms with Crippen molar-refractivity contribution < 1.29 is 18.9 Å². The minimum Gasteiger partial charge on any atom is -0.373 e. The molecule has 0 unspecified atom stereocenters. The third kappa shape index (κ3) is 1200. The van der Waals surface area contributed by atoms with Crippen LogP contribution in [0.5, 0.6) is 0 Å². The zero-order valence-electron chi connectivity index (χ0n) is 2.34. The fourth-order valence-electron chi connectivity index (χ4n) is 0. The second-order valence-electron chi connectivity index (χ2n) is 0.0894. The minimum absolute atomic E-state index is 0. The van der Waals surface area contributed by atoms with Gasteiger partial charge >= 0.3 is 18.9 Å². The van der Waals surface area contributed by atoms with Gasteiger partial charge in [-0.2, -0.15) is 0 Å². The summed E-state index contributed by atoms with van der Waals surface area (Å²) in [6, 6.07) is 0. The van der Waals surface area contributed by atoms with Crippen LogP contribution in [0, 0.1) is 0 Å². The van der Waals surface area contributed by atoms with E-state index in [0.717, 1.165) is 0 Å². The molecule has 0 saturated carbocycles. The predicted molar refractivity (Wildman–Crippen MR) is 21.4 cm³/mol. The molecule has 0 radical (unpaired) electrons. The van der Waals surface area contributed by atoms with Gasteiger partial charge < -0.3 is 11.1 Å². The van der Waals surface area contributed by atoms with Gasteiger partial charge in [-0.3, -0.25) is 4.91 Å². The average molecular weight is 81.1 g/mol. The summed E-state index contributed by atoms with van der Waals surface area (Å²) >= 11 is 0. The van der Waals surface area contributed by atoms with Crippen LogP contribution in [0.15, 0.2) is 0 Å². The summed E-state index contributed by atoms with van der Waals surface area (Å²) in [4.78, 5) is 1.50. The summed E-state index contributed by atoms with van der Waals surface area (Å²) in [6.45, 7) is 0. The smallest absolute Gasteiger partial charge is 0.373 e. The van der Waals surface area contributed by atoms with Gasteiger partial charge in [0.05, 0.1) is 0 Å². The third-order valence-corrected chi connectivity index (χ3v) is 0. The summed E-state index contributed by atoms with van der Waals surface area (Å²) in [6.07, 6.45) is 0. The standard InChI is InChI=1S/Li.N3.H4Si/c;1-3-2;/h;;1H4/q+1;-1;. The van der Waals surface area contributed by atoms with Crippen molar-refractivity contribution in [3.05, 3.63) is 16.0 Å². The van der Waals surface area contributed by atoms with Crippen molar-refractivity contribution in [1.29, 1.82) is 0 Å². The molecule has 0 fully saturated rings. The van der Waals surface area contributed by atoms with Crippen molar-refractivity contribution in [3.8, 4) is 0 Å². The number of hydrogen-bond donors (Lipinski definition) is 0. The van der Waals surface area contributed by atoms with E-state index in [9.17, 15) is 0 Å². The van der Waals surface area contributed by atoms with Crippen molar-refractivity contribution >= 4 is 11.0 Å². The van der Waals surface area contributed by atoms with Crippen LogP contribution in [0.25, 0.3) is 16.0 Å². The maximum Gasteiger partial charge on any atom is 1.00 e. The van der Waals surface area contributed by atoms with Gasteiger partial charge in [-0.25, -0.2) is 0 Å². The van der Waals surface area contributed by atoms with Crippen LogP contribution in [0.3, 0.4) is 0 Å². The molecule has 0 saturated heterocycles. The SMILES string of the molecule is [Li+].[N-]=[N+]=[N-].[SiH4]. The van der Waals surface area contributed by atoms with Gasteiger partial charge in [-0.05, 0) is 11.0 Å². The Morgan fingerprint density at radius 2 is 1.20 bits per heavy atom. The largest absolute Gasteiger partial charge is 1.00 e. The molecule has 0 aliphatic carbocycles. The Hall–Kier alpha value is 0.124. The summed E-state index contributed by atoms with van der Waals surface area (Å²) < 4.78 is 0. The van der Waals surface area contributed by atoms with Gasteiger partial charge in [-0.15, -0.1) is 0 Å². The Labute approximate surface area is 46.4 Å². The zero-order valence-corrected chi connectivity index (χ0v) is 2.34. The Bertz CT molecular complexity index is 27.9. The fourth-order valence-corrected chi connectivity index (χ4v) is 0. The molecular weight excluding hydrogens is 77.0 g/mol. The van der Waals surface area contributed by atoms with Crippen LogP contribution in [0.1, 0.15) is 0 Å².